The van der Waals surface area contributed by atoms with Gasteiger partial charge in [-0.2, -0.15) is 5.10 Å². The van der Waals surface area contributed by atoms with E-state index in [0.29, 0.717) is 22.5 Å². The van der Waals surface area contributed by atoms with Gasteiger partial charge in [-0.3, -0.25) is 4.68 Å². The summed E-state index contributed by atoms with van der Waals surface area (Å²) in [6.45, 7) is 1.72. The largest absolute Gasteiger partial charge is 0.312 e. The second-order valence-electron chi connectivity index (χ2n) is 6.84. The number of fused-ring (bicyclic) bond motifs is 1. The highest BCUT2D eigenvalue weighted by Crippen LogP contribution is 2.33. The van der Waals surface area contributed by atoms with Gasteiger partial charge in [0.2, 0.25) is 0 Å². The monoisotopic (exact) mass is 432 g/mol. The van der Waals surface area contributed by atoms with E-state index in [1.54, 1.807) is 36.7 Å². The summed E-state index contributed by atoms with van der Waals surface area (Å²) in [4.78, 5) is 0.152. The lowest BCUT2D eigenvalue weighted by molar-refractivity contribution is 0.318. The van der Waals surface area contributed by atoms with Gasteiger partial charge in [0.25, 0.3) is 10.0 Å². The van der Waals surface area contributed by atoms with Gasteiger partial charge in [0.15, 0.2) is 0 Å². The van der Waals surface area contributed by atoms with Crippen LogP contribution < -0.4 is 5.32 Å². The second kappa shape index (κ2) is 7.29. The van der Waals surface area contributed by atoms with E-state index in [-0.39, 0.29) is 17.3 Å². The molecule has 0 atom stereocenters. The molecule has 0 unspecified atom stereocenters. The van der Waals surface area contributed by atoms with Crippen LogP contribution in [0.5, 0.6) is 0 Å². The first-order valence-corrected chi connectivity index (χ1v) is 10.3. The summed E-state index contributed by atoms with van der Waals surface area (Å²) in [5.74, 6) is -0.488. The van der Waals surface area contributed by atoms with Crippen molar-refractivity contribution in [3.05, 3.63) is 72.9 Å². The molecule has 0 spiro atoms. The number of halogens is 2. The molecule has 2 aromatic carbocycles. The summed E-state index contributed by atoms with van der Waals surface area (Å²) < 4.78 is 43.3. The highest BCUT2D eigenvalue weighted by Gasteiger charge is 2.24. The van der Waals surface area contributed by atoms with Gasteiger partial charge in [-0.25, -0.2) is 16.8 Å². The van der Waals surface area contributed by atoms with Crippen molar-refractivity contribution in [2.75, 3.05) is 13.1 Å². The van der Waals surface area contributed by atoms with Gasteiger partial charge in [-0.1, -0.05) is 18.2 Å². The van der Waals surface area contributed by atoms with Gasteiger partial charge in [0.1, 0.15) is 5.82 Å². The molecule has 4 aromatic rings. The summed E-state index contributed by atoms with van der Waals surface area (Å²) in [5.41, 5.74) is 1.80. The normalized spacial score (nSPS) is 14.5. The van der Waals surface area contributed by atoms with E-state index in [4.69, 9.17) is 0 Å². The zero-order chi connectivity index (χ0) is 19.3. The summed E-state index contributed by atoms with van der Waals surface area (Å²) in [5, 5.41) is 8.27. The Morgan fingerprint density at radius 1 is 1.07 bits per heavy atom. The van der Waals surface area contributed by atoms with Crippen molar-refractivity contribution in [1.29, 1.82) is 0 Å². The predicted molar refractivity (Wildman–Crippen MR) is 111 cm³/mol. The molecule has 2 aromatic heterocycles. The Labute approximate surface area is 173 Å². The number of nitrogens with one attached hydrogen (secondary N) is 1. The molecule has 0 saturated carbocycles. The molecule has 1 N–H and O–H groups in total. The van der Waals surface area contributed by atoms with Crippen LogP contribution >= 0.6 is 12.4 Å². The van der Waals surface area contributed by atoms with Crippen LogP contribution in [0.4, 0.5) is 4.39 Å². The Morgan fingerprint density at radius 2 is 1.83 bits per heavy atom. The predicted octanol–water partition coefficient (Wildman–Crippen LogP) is 3.45. The SMILES string of the molecule is Cl.O=S(=O)(c1ccccc1)n1cc(-c2cnn(C3CNC3)c2)c2ccc(F)cc21. The van der Waals surface area contributed by atoms with E-state index in [1.165, 1.54) is 24.3 Å². The Balaban J connectivity index is 0.00000205. The van der Waals surface area contributed by atoms with Crippen molar-refractivity contribution in [2.24, 2.45) is 0 Å². The molecule has 150 valence electrons. The molecule has 9 heteroatoms. The summed E-state index contributed by atoms with van der Waals surface area (Å²) in [7, 11) is -3.86. The third-order valence-electron chi connectivity index (χ3n) is 5.08. The zero-order valence-corrected chi connectivity index (χ0v) is 16.8. The maximum absolute atomic E-state index is 14.0. The topological polar surface area (TPSA) is 68.9 Å². The zero-order valence-electron chi connectivity index (χ0n) is 15.2. The van der Waals surface area contributed by atoms with Gasteiger partial charge in [-0.05, 0) is 30.3 Å². The van der Waals surface area contributed by atoms with Crippen molar-refractivity contribution in [1.82, 2.24) is 19.1 Å². The lowest BCUT2D eigenvalue weighted by atomic mass is 10.1. The van der Waals surface area contributed by atoms with Gasteiger partial charge in [-0.15, -0.1) is 12.4 Å². The average molecular weight is 433 g/mol. The van der Waals surface area contributed by atoms with E-state index < -0.39 is 15.8 Å². The molecular weight excluding hydrogens is 415 g/mol. The van der Waals surface area contributed by atoms with Gasteiger partial charge in [0.05, 0.1) is 22.7 Å². The van der Waals surface area contributed by atoms with Crippen LogP contribution in [0.25, 0.3) is 22.0 Å². The molecule has 1 aliphatic rings. The van der Waals surface area contributed by atoms with Gasteiger partial charge in [0, 0.05) is 42.0 Å². The standard InChI is InChI=1S/C20H17FN4O2S.ClH/c21-15-6-7-18-19(14-9-23-24(12-14)16-10-22-11-16)13-25(20(18)8-15)28(26,27)17-4-2-1-3-5-17;/h1-9,12-13,16,22H,10-11H2;1H. The van der Waals surface area contributed by atoms with Crippen LogP contribution in [-0.4, -0.2) is 35.3 Å². The smallest absolute Gasteiger partial charge is 0.268 e. The van der Waals surface area contributed by atoms with E-state index in [0.717, 1.165) is 22.6 Å². The quantitative estimate of drug-likeness (QED) is 0.536. The minimum atomic E-state index is -3.86. The van der Waals surface area contributed by atoms with Crippen LogP contribution in [-0.2, 0) is 10.0 Å². The second-order valence-corrected chi connectivity index (χ2v) is 8.65. The number of benzene rings is 2. The molecule has 1 aliphatic heterocycles. The highest BCUT2D eigenvalue weighted by molar-refractivity contribution is 7.90. The van der Waals surface area contributed by atoms with Crippen molar-refractivity contribution in [3.8, 4) is 11.1 Å². The number of aromatic nitrogens is 3. The first kappa shape index (κ1) is 19.6. The van der Waals surface area contributed by atoms with Crippen LogP contribution in [0.3, 0.4) is 0 Å². The molecule has 5 rings (SSSR count). The van der Waals surface area contributed by atoms with E-state index >= 15 is 0 Å². The van der Waals surface area contributed by atoms with Gasteiger partial charge < -0.3 is 5.32 Å². The average Bonchev–Trinajstić information content (AvgIpc) is 3.26. The van der Waals surface area contributed by atoms with Crippen molar-refractivity contribution >= 4 is 33.3 Å². The maximum Gasteiger partial charge on any atom is 0.268 e. The van der Waals surface area contributed by atoms with Crippen molar-refractivity contribution in [3.63, 3.8) is 0 Å². The molecule has 1 saturated heterocycles. The van der Waals surface area contributed by atoms with Crippen molar-refractivity contribution in [2.45, 2.75) is 10.9 Å². The number of rotatable bonds is 4. The third-order valence-corrected chi connectivity index (χ3v) is 6.77. The number of hydrogen-bond acceptors (Lipinski definition) is 4. The Bertz CT molecular complexity index is 1280. The summed E-state index contributed by atoms with van der Waals surface area (Å²) in [6.07, 6.45) is 5.17. The minimum absolute atomic E-state index is 0. The number of nitrogens with zero attached hydrogens (tertiary/aromatic N) is 3. The third kappa shape index (κ3) is 3.23. The molecule has 29 heavy (non-hydrogen) atoms. The van der Waals surface area contributed by atoms with Crippen LogP contribution in [0.15, 0.2) is 72.0 Å². The Hall–Kier alpha value is -2.68. The van der Waals surface area contributed by atoms with Crippen LogP contribution in [0.2, 0.25) is 0 Å². The first-order valence-electron chi connectivity index (χ1n) is 8.90. The highest BCUT2D eigenvalue weighted by atomic mass is 35.5. The fourth-order valence-corrected chi connectivity index (χ4v) is 4.83. The van der Waals surface area contributed by atoms with Crippen LogP contribution in [0, 0.1) is 5.82 Å². The molecule has 0 bridgehead atoms. The lowest BCUT2D eigenvalue weighted by Crippen LogP contribution is -2.43. The van der Waals surface area contributed by atoms with Crippen molar-refractivity contribution < 1.29 is 12.8 Å². The molecule has 6 nitrogen and oxygen atoms in total. The Morgan fingerprint density at radius 3 is 2.52 bits per heavy atom. The summed E-state index contributed by atoms with van der Waals surface area (Å²) in [6, 6.07) is 12.6. The molecule has 0 radical (unpaired) electrons. The maximum atomic E-state index is 14.0. The molecule has 0 amide bonds. The fourth-order valence-electron chi connectivity index (χ4n) is 3.44. The number of hydrogen-bond donors (Lipinski definition) is 1. The minimum Gasteiger partial charge on any atom is -0.312 e. The summed E-state index contributed by atoms with van der Waals surface area (Å²) >= 11 is 0. The first-order chi connectivity index (χ1) is 13.5. The van der Waals surface area contributed by atoms with E-state index in [9.17, 15) is 12.8 Å². The molecule has 0 aliphatic carbocycles. The molecular formula is C20H18ClFN4O2S. The van der Waals surface area contributed by atoms with Gasteiger partial charge >= 0.3 is 0 Å². The molecule has 3 heterocycles. The van der Waals surface area contributed by atoms with E-state index in [2.05, 4.69) is 10.4 Å². The molecule has 1 fully saturated rings. The fraction of sp³-hybridized carbons (Fsp3) is 0.150. The lowest BCUT2D eigenvalue weighted by Gasteiger charge is -2.27. The van der Waals surface area contributed by atoms with E-state index in [1.807, 2.05) is 10.9 Å². The Kier molecular flexibility index (Phi) is 4.94. The van der Waals surface area contributed by atoms with Crippen LogP contribution in [0.1, 0.15) is 6.04 Å².